The maximum atomic E-state index is 12.7. The number of hydrogen-bond donors (Lipinski definition) is 2. The molecule has 25 heavy (non-hydrogen) atoms. The van der Waals surface area contributed by atoms with Gasteiger partial charge in [-0.2, -0.15) is 5.10 Å². The fourth-order valence-electron chi connectivity index (χ4n) is 4.26. The minimum atomic E-state index is -0.00420. The number of likely N-dealkylation sites (tertiary alicyclic amines) is 2. The lowest BCUT2D eigenvalue weighted by Crippen LogP contribution is -2.49. The van der Waals surface area contributed by atoms with Gasteiger partial charge in [-0.3, -0.25) is 10.00 Å². The molecule has 1 aromatic carbocycles. The number of aromatic nitrogens is 2. The molecule has 0 unspecified atom stereocenters. The highest BCUT2D eigenvalue weighted by molar-refractivity contribution is 5.89. The molecule has 0 aliphatic carbocycles. The Morgan fingerprint density at radius 2 is 1.96 bits per heavy atom. The Bertz CT molecular complexity index is 687. The van der Waals surface area contributed by atoms with Crippen LogP contribution in [0.2, 0.25) is 0 Å². The van der Waals surface area contributed by atoms with Crippen LogP contribution in [-0.2, 0) is 6.54 Å². The molecule has 2 amide bonds. The van der Waals surface area contributed by atoms with Crippen LogP contribution >= 0.6 is 0 Å². The van der Waals surface area contributed by atoms with Crippen LogP contribution in [0.4, 0.5) is 10.5 Å². The van der Waals surface area contributed by atoms with Crippen LogP contribution in [0.1, 0.15) is 31.2 Å². The second kappa shape index (κ2) is 7.27. The van der Waals surface area contributed by atoms with Gasteiger partial charge in [0.25, 0.3) is 0 Å². The lowest BCUT2D eigenvalue weighted by Gasteiger charge is -2.35. The first-order valence-corrected chi connectivity index (χ1v) is 9.15. The van der Waals surface area contributed by atoms with Gasteiger partial charge < -0.3 is 10.2 Å². The summed E-state index contributed by atoms with van der Waals surface area (Å²) in [7, 11) is 0. The van der Waals surface area contributed by atoms with Crippen LogP contribution in [0.15, 0.2) is 42.7 Å². The van der Waals surface area contributed by atoms with E-state index in [0.29, 0.717) is 12.1 Å². The predicted octanol–water partition coefficient (Wildman–Crippen LogP) is 3.07. The van der Waals surface area contributed by atoms with E-state index in [-0.39, 0.29) is 6.03 Å². The molecular formula is C19H25N5O. The normalized spacial score (nSPS) is 23.9. The maximum Gasteiger partial charge on any atom is 0.322 e. The smallest absolute Gasteiger partial charge is 0.320 e. The summed E-state index contributed by atoms with van der Waals surface area (Å²) in [6.07, 6.45) is 7.91. The van der Waals surface area contributed by atoms with Crippen molar-refractivity contribution in [3.8, 4) is 0 Å². The molecule has 2 aliphatic heterocycles. The van der Waals surface area contributed by atoms with Crippen molar-refractivity contribution in [1.82, 2.24) is 20.0 Å². The number of aromatic amines is 1. The molecular weight excluding hydrogens is 314 g/mol. The first kappa shape index (κ1) is 16.1. The molecule has 0 saturated carbocycles. The van der Waals surface area contributed by atoms with E-state index in [4.69, 9.17) is 0 Å². The molecule has 132 valence electrons. The number of rotatable bonds is 4. The number of nitrogens with zero attached hydrogens (tertiary/aromatic N) is 3. The predicted molar refractivity (Wildman–Crippen MR) is 97.2 cm³/mol. The molecule has 0 spiro atoms. The largest absolute Gasteiger partial charge is 0.322 e. The summed E-state index contributed by atoms with van der Waals surface area (Å²) in [5.74, 6) is 0. The highest BCUT2D eigenvalue weighted by atomic mass is 16.2. The Balaban J connectivity index is 1.44. The van der Waals surface area contributed by atoms with Gasteiger partial charge in [-0.15, -0.1) is 0 Å². The van der Waals surface area contributed by atoms with Gasteiger partial charge in [-0.05, 0) is 37.8 Å². The van der Waals surface area contributed by atoms with E-state index in [0.717, 1.165) is 38.2 Å². The Hall–Kier alpha value is -2.34. The minimum absolute atomic E-state index is 0.00420. The van der Waals surface area contributed by atoms with Gasteiger partial charge in [-0.25, -0.2) is 4.79 Å². The third kappa shape index (κ3) is 3.54. The molecule has 4 rings (SSSR count). The zero-order valence-electron chi connectivity index (χ0n) is 14.4. The monoisotopic (exact) mass is 339 g/mol. The van der Waals surface area contributed by atoms with E-state index in [1.807, 2.05) is 4.90 Å². The van der Waals surface area contributed by atoms with E-state index in [9.17, 15) is 4.79 Å². The van der Waals surface area contributed by atoms with Crippen molar-refractivity contribution >= 4 is 11.7 Å². The summed E-state index contributed by atoms with van der Waals surface area (Å²) in [5.41, 5.74) is 2.07. The van der Waals surface area contributed by atoms with Crippen molar-refractivity contribution in [3.63, 3.8) is 0 Å². The number of hydrogen-bond acceptors (Lipinski definition) is 3. The molecule has 0 radical (unpaired) electrons. The van der Waals surface area contributed by atoms with Crippen molar-refractivity contribution in [1.29, 1.82) is 0 Å². The minimum Gasteiger partial charge on any atom is -0.320 e. The molecule has 2 fully saturated rings. The highest BCUT2D eigenvalue weighted by Crippen LogP contribution is 2.31. The van der Waals surface area contributed by atoms with Crippen molar-refractivity contribution < 1.29 is 4.79 Å². The van der Waals surface area contributed by atoms with E-state index in [2.05, 4.69) is 50.7 Å². The second-order valence-corrected chi connectivity index (χ2v) is 6.99. The summed E-state index contributed by atoms with van der Waals surface area (Å²) in [6, 6.07) is 11.4. The molecule has 2 N–H and O–H groups in total. The first-order chi connectivity index (χ1) is 12.3. The Morgan fingerprint density at radius 1 is 1.16 bits per heavy atom. The van der Waals surface area contributed by atoms with Gasteiger partial charge in [-0.1, -0.05) is 30.3 Å². The number of benzene rings is 1. The van der Waals surface area contributed by atoms with Gasteiger partial charge in [0.05, 0.1) is 11.9 Å². The summed E-state index contributed by atoms with van der Waals surface area (Å²) >= 11 is 0. The average Bonchev–Trinajstić information content (AvgIpc) is 3.36. The summed E-state index contributed by atoms with van der Waals surface area (Å²) in [4.78, 5) is 17.3. The van der Waals surface area contributed by atoms with E-state index >= 15 is 0 Å². The summed E-state index contributed by atoms with van der Waals surface area (Å²) in [6.45, 7) is 2.93. The topological polar surface area (TPSA) is 64.3 Å². The van der Waals surface area contributed by atoms with Crippen LogP contribution in [0.5, 0.6) is 0 Å². The van der Waals surface area contributed by atoms with E-state index in [1.165, 1.54) is 18.4 Å². The quantitative estimate of drug-likeness (QED) is 0.900. The first-order valence-electron chi connectivity index (χ1n) is 9.15. The van der Waals surface area contributed by atoms with Crippen molar-refractivity contribution in [2.24, 2.45) is 0 Å². The van der Waals surface area contributed by atoms with Crippen molar-refractivity contribution in [2.45, 2.75) is 44.3 Å². The Kier molecular flexibility index (Phi) is 4.70. The summed E-state index contributed by atoms with van der Waals surface area (Å²) in [5, 5.41) is 9.58. The third-order valence-corrected chi connectivity index (χ3v) is 5.40. The lowest BCUT2D eigenvalue weighted by molar-refractivity contribution is 0.142. The molecule has 6 heteroatoms. The van der Waals surface area contributed by atoms with Gasteiger partial charge in [0.2, 0.25) is 0 Å². The molecule has 2 saturated heterocycles. The Morgan fingerprint density at radius 3 is 2.76 bits per heavy atom. The van der Waals surface area contributed by atoms with Crippen LogP contribution in [0, 0.1) is 0 Å². The lowest BCUT2D eigenvalue weighted by atomic mass is 10.0. The molecule has 2 aromatic rings. The highest BCUT2D eigenvalue weighted by Gasteiger charge is 2.39. The van der Waals surface area contributed by atoms with Gasteiger partial charge in [0, 0.05) is 31.4 Å². The standard InChI is InChI=1S/C19H25N5O/c25-19(22-16-12-20-21-13-16)24-11-5-9-18(24)17-8-4-10-23(17)14-15-6-2-1-3-7-15/h1-3,6-7,12-13,17-18H,4-5,8-11,14H2,(H,20,21)(H,22,25)/t17-,18-/m1/s1. The number of amides is 2. The number of urea groups is 1. The number of carbonyl (C=O) groups excluding carboxylic acids is 1. The van der Waals surface area contributed by atoms with Crippen LogP contribution < -0.4 is 5.32 Å². The third-order valence-electron chi connectivity index (χ3n) is 5.40. The molecule has 6 nitrogen and oxygen atoms in total. The number of nitrogens with one attached hydrogen (secondary N) is 2. The van der Waals surface area contributed by atoms with Crippen LogP contribution in [0.25, 0.3) is 0 Å². The molecule has 2 atom stereocenters. The van der Waals surface area contributed by atoms with Crippen LogP contribution in [0.3, 0.4) is 0 Å². The summed E-state index contributed by atoms with van der Waals surface area (Å²) < 4.78 is 0. The molecule has 2 aliphatic rings. The zero-order chi connectivity index (χ0) is 17.1. The molecule has 3 heterocycles. The Labute approximate surface area is 148 Å². The van der Waals surface area contributed by atoms with Gasteiger partial charge in [0.1, 0.15) is 0 Å². The number of anilines is 1. The van der Waals surface area contributed by atoms with Gasteiger partial charge >= 0.3 is 6.03 Å². The second-order valence-electron chi connectivity index (χ2n) is 6.99. The molecule has 0 bridgehead atoms. The molecule has 1 aromatic heterocycles. The van der Waals surface area contributed by atoms with Crippen LogP contribution in [-0.4, -0.2) is 51.2 Å². The van der Waals surface area contributed by atoms with E-state index in [1.54, 1.807) is 12.4 Å². The number of H-pyrrole nitrogens is 1. The SMILES string of the molecule is O=C(Nc1cn[nH]c1)N1CCC[C@@H]1[C@H]1CCCN1Cc1ccccc1. The van der Waals surface area contributed by atoms with Crippen molar-refractivity contribution in [2.75, 3.05) is 18.4 Å². The average molecular weight is 339 g/mol. The fraction of sp³-hybridized carbons (Fsp3) is 0.474. The number of carbonyl (C=O) groups is 1. The van der Waals surface area contributed by atoms with E-state index < -0.39 is 0 Å². The van der Waals surface area contributed by atoms with Gasteiger partial charge in [0.15, 0.2) is 0 Å². The fourth-order valence-corrected chi connectivity index (χ4v) is 4.26. The zero-order valence-corrected chi connectivity index (χ0v) is 14.4. The van der Waals surface area contributed by atoms with Crippen molar-refractivity contribution in [3.05, 3.63) is 48.3 Å². The maximum absolute atomic E-state index is 12.7.